The fourth-order valence-corrected chi connectivity index (χ4v) is 3.30. The number of carbonyl (C=O) groups excluding carboxylic acids is 1. The number of carbonyl (C=O) groups is 1. The number of anilines is 1. The van der Waals surface area contributed by atoms with Crippen LogP contribution in [0.4, 0.5) is 5.69 Å². The highest BCUT2D eigenvalue weighted by Crippen LogP contribution is 2.18. The van der Waals surface area contributed by atoms with E-state index >= 15 is 0 Å². The molecule has 0 bridgehead atoms. The van der Waals surface area contributed by atoms with Gasteiger partial charge in [-0.2, -0.15) is 0 Å². The number of benzene rings is 1. The van der Waals surface area contributed by atoms with Crippen LogP contribution in [-0.2, 0) is 14.3 Å². The fraction of sp³-hybridized carbons (Fsp3) is 0.550. The van der Waals surface area contributed by atoms with Crippen LogP contribution >= 0.6 is 0 Å². The summed E-state index contributed by atoms with van der Waals surface area (Å²) >= 11 is 0. The zero-order valence-corrected chi connectivity index (χ0v) is 15.0. The normalized spacial score (nSPS) is 21.0. The van der Waals surface area contributed by atoms with Crippen LogP contribution in [0.5, 0.6) is 0 Å². The number of morpholine rings is 1. The molecular formula is C20H28N2O3. The first-order valence-corrected chi connectivity index (χ1v) is 9.27. The van der Waals surface area contributed by atoms with Crippen LogP contribution in [0.3, 0.4) is 0 Å². The first-order valence-electron chi connectivity index (χ1n) is 9.27. The predicted octanol–water partition coefficient (Wildman–Crippen LogP) is 2.56. The molecule has 0 aromatic heterocycles. The van der Waals surface area contributed by atoms with Crippen molar-refractivity contribution in [2.75, 3.05) is 50.9 Å². The van der Waals surface area contributed by atoms with Crippen molar-refractivity contribution in [2.45, 2.75) is 25.9 Å². The first-order chi connectivity index (χ1) is 12.3. The maximum atomic E-state index is 12.4. The van der Waals surface area contributed by atoms with Gasteiger partial charge >= 0.3 is 0 Å². The summed E-state index contributed by atoms with van der Waals surface area (Å²) in [6.45, 7) is 7.67. The van der Waals surface area contributed by atoms with Crippen LogP contribution in [0, 0.1) is 0 Å². The van der Waals surface area contributed by atoms with Crippen molar-refractivity contribution in [3.63, 3.8) is 0 Å². The lowest BCUT2D eigenvalue weighted by atomic mass is 10.1. The van der Waals surface area contributed by atoms with E-state index in [1.807, 2.05) is 17.9 Å². The van der Waals surface area contributed by atoms with Gasteiger partial charge in [-0.1, -0.05) is 12.1 Å². The number of ether oxygens (including phenoxy) is 2. The van der Waals surface area contributed by atoms with E-state index in [9.17, 15) is 4.79 Å². The van der Waals surface area contributed by atoms with Gasteiger partial charge in [0.05, 0.1) is 19.3 Å². The van der Waals surface area contributed by atoms with Crippen LogP contribution in [0.2, 0.25) is 0 Å². The highest BCUT2D eigenvalue weighted by molar-refractivity contribution is 5.91. The summed E-state index contributed by atoms with van der Waals surface area (Å²) in [7, 11) is 0. The number of likely N-dealkylation sites (N-methyl/N-ethyl adjacent to an activating group) is 1. The lowest BCUT2D eigenvalue weighted by Crippen LogP contribution is -2.36. The fourth-order valence-electron chi connectivity index (χ4n) is 3.30. The summed E-state index contributed by atoms with van der Waals surface area (Å²) in [6.07, 6.45) is 5.91. The molecule has 0 unspecified atom stereocenters. The summed E-state index contributed by atoms with van der Waals surface area (Å²) in [4.78, 5) is 16.6. The number of rotatable bonds is 6. The lowest BCUT2D eigenvalue weighted by molar-refractivity contribution is -0.127. The maximum Gasteiger partial charge on any atom is 0.246 e. The molecule has 3 rings (SSSR count). The molecule has 0 saturated carbocycles. The van der Waals surface area contributed by atoms with Crippen LogP contribution in [0.1, 0.15) is 25.3 Å². The molecule has 5 heteroatoms. The van der Waals surface area contributed by atoms with Crippen molar-refractivity contribution in [1.29, 1.82) is 0 Å². The summed E-state index contributed by atoms with van der Waals surface area (Å²) < 4.78 is 11.0. The molecule has 1 aromatic rings. The molecule has 25 heavy (non-hydrogen) atoms. The van der Waals surface area contributed by atoms with E-state index in [4.69, 9.17) is 9.47 Å². The van der Waals surface area contributed by atoms with Gasteiger partial charge in [-0.05, 0) is 43.5 Å². The summed E-state index contributed by atoms with van der Waals surface area (Å²) in [6, 6.07) is 8.34. The van der Waals surface area contributed by atoms with Gasteiger partial charge in [0.1, 0.15) is 0 Å². The smallest absolute Gasteiger partial charge is 0.246 e. The van der Waals surface area contributed by atoms with Gasteiger partial charge in [-0.15, -0.1) is 0 Å². The summed E-state index contributed by atoms with van der Waals surface area (Å²) in [5.41, 5.74) is 2.25. The van der Waals surface area contributed by atoms with Crippen molar-refractivity contribution in [2.24, 2.45) is 0 Å². The number of hydrogen-bond acceptors (Lipinski definition) is 4. The lowest BCUT2D eigenvalue weighted by Gasteiger charge is -2.28. The molecule has 0 aliphatic carbocycles. The summed E-state index contributed by atoms with van der Waals surface area (Å²) in [5.74, 6) is 0.0512. The maximum absolute atomic E-state index is 12.4. The molecule has 0 N–H and O–H groups in total. The largest absolute Gasteiger partial charge is 0.378 e. The van der Waals surface area contributed by atoms with Crippen LogP contribution in [-0.4, -0.2) is 62.9 Å². The molecule has 2 aliphatic rings. The standard InChI is InChI=1S/C20H28N2O3/c1-2-21(16-19-4-3-13-25-19)20(23)10-7-17-5-8-18(9-6-17)22-11-14-24-15-12-22/h5-10,19H,2-4,11-16H2,1H3/b10-7+/t19-/m1/s1. The summed E-state index contributed by atoms with van der Waals surface area (Å²) in [5, 5.41) is 0. The van der Waals surface area contributed by atoms with Gasteiger partial charge in [0, 0.05) is 44.5 Å². The van der Waals surface area contributed by atoms with E-state index in [1.54, 1.807) is 6.08 Å². The van der Waals surface area contributed by atoms with E-state index in [2.05, 4.69) is 29.2 Å². The van der Waals surface area contributed by atoms with Crippen LogP contribution < -0.4 is 4.90 Å². The Balaban J connectivity index is 1.55. The molecule has 0 radical (unpaired) electrons. The number of nitrogens with zero attached hydrogens (tertiary/aromatic N) is 2. The van der Waals surface area contributed by atoms with E-state index in [0.29, 0.717) is 13.1 Å². The highest BCUT2D eigenvalue weighted by Gasteiger charge is 2.20. The molecule has 2 heterocycles. The third-order valence-corrected chi connectivity index (χ3v) is 4.83. The van der Waals surface area contributed by atoms with Gasteiger partial charge in [0.25, 0.3) is 0 Å². The third-order valence-electron chi connectivity index (χ3n) is 4.83. The highest BCUT2D eigenvalue weighted by atomic mass is 16.5. The van der Waals surface area contributed by atoms with Crippen molar-refractivity contribution in [3.8, 4) is 0 Å². The molecule has 5 nitrogen and oxygen atoms in total. The molecular weight excluding hydrogens is 316 g/mol. The molecule has 1 atom stereocenters. The Hall–Kier alpha value is -1.85. The van der Waals surface area contributed by atoms with Crippen LogP contribution in [0.25, 0.3) is 6.08 Å². The topological polar surface area (TPSA) is 42.0 Å². The minimum atomic E-state index is 0.0512. The second-order valence-electron chi connectivity index (χ2n) is 6.54. The van der Waals surface area contributed by atoms with E-state index in [-0.39, 0.29) is 12.0 Å². The van der Waals surface area contributed by atoms with Crippen molar-refractivity contribution in [3.05, 3.63) is 35.9 Å². The molecule has 136 valence electrons. The van der Waals surface area contributed by atoms with Gasteiger partial charge in [-0.3, -0.25) is 4.79 Å². The van der Waals surface area contributed by atoms with Gasteiger partial charge < -0.3 is 19.3 Å². The zero-order chi connectivity index (χ0) is 17.5. The third kappa shape index (κ3) is 5.06. The average Bonchev–Trinajstić information content (AvgIpc) is 3.18. The Morgan fingerprint density at radius 3 is 2.64 bits per heavy atom. The molecule has 0 spiro atoms. The van der Waals surface area contributed by atoms with Gasteiger partial charge in [-0.25, -0.2) is 0 Å². The average molecular weight is 344 g/mol. The predicted molar refractivity (Wildman–Crippen MR) is 99.7 cm³/mol. The minimum Gasteiger partial charge on any atom is -0.378 e. The van der Waals surface area contributed by atoms with E-state index in [0.717, 1.165) is 51.3 Å². The molecule has 2 fully saturated rings. The Morgan fingerprint density at radius 2 is 2.00 bits per heavy atom. The van der Waals surface area contributed by atoms with Crippen molar-refractivity contribution in [1.82, 2.24) is 4.90 Å². The molecule has 1 aromatic carbocycles. The van der Waals surface area contributed by atoms with Crippen molar-refractivity contribution >= 4 is 17.7 Å². The monoisotopic (exact) mass is 344 g/mol. The Kier molecular flexibility index (Phi) is 6.48. The molecule has 1 amide bonds. The molecule has 2 aliphatic heterocycles. The minimum absolute atomic E-state index is 0.0512. The Bertz CT molecular complexity index is 573. The van der Waals surface area contributed by atoms with Gasteiger partial charge in [0.15, 0.2) is 0 Å². The van der Waals surface area contributed by atoms with E-state index in [1.165, 1.54) is 5.69 Å². The number of hydrogen-bond donors (Lipinski definition) is 0. The Labute approximate surface area is 150 Å². The van der Waals surface area contributed by atoms with Gasteiger partial charge in [0.2, 0.25) is 5.91 Å². The second kappa shape index (κ2) is 9.02. The second-order valence-corrected chi connectivity index (χ2v) is 6.54. The SMILES string of the molecule is CCN(C[C@H]1CCCO1)C(=O)/C=C/c1ccc(N2CCOCC2)cc1. The van der Waals surface area contributed by atoms with E-state index < -0.39 is 0 Å². The number of amides is 1. The Morgan fingerprint density at radius 1 is 1.24 bits per heavy atom. The molecule has 2 saturated heterocycles. The first kappa shape index (κ1) is 18.0. The zero-order valence-electron chi connectivity index (χ0n) is 15.0. The quantitative estimate of drug-likeness (QED) is 0.744. The van der Waals surface area contributed by atoms with Crippen molar-refractivity contribution < 1.29 is 14.3 Å². The van der Waals surface area contributed by atoms with Crippen LogP contribution in [0.15, 0.2) is 30.3 Å².